The number of aromatic nitrogens is 2. The third kappa shape index (κ3) is 2.20. The van der Waals surface area contributed by atoms with Crippen LogP contribution in [-0.4, -0.2) is 19.2 Å². The third-order valence-electron chi connectivity index (χ3n) is 3.33. The van der Waals surface area contributed by atoms with E-state index in [1.54, 1.807) is 0 Å². The average molecular weight is 289 g/mol. The Balaban J connectivity index is 2.25. The quantitative estimate of drug-likeness (QED) is 0.668. The van der Waals surface area contributed by atoms with Crippen LogP contribution >= 0.6 is 0 Å². The molecule has 1 aromatic heterocycles. The molecule has 0 radical (unpaired) electrons. The summed E-state index contributed by atoms with van der Waals surface area (Å²) in [7, 11) is 0. The van der Waals surface area contributed by atoms with E-state index in [1.165, 1.54) is 18.2 Å². The van der Waals surface area contributed by atoms with Crippen molar-refractivity contribution in [2.24, 2.45) is 0 Å². The summed E-state index contributed by atoms with van der Waals surface area (Å²) in [6, 6.07) is 6.07. The maximum Gasteiger partial charge on any atom is 0.338 e. The van der Waals surface area contributed by atoms with Gasteiger partial charge >= 0.3 is 5.69 Å². The minimum absolute atomic E-state index is 0.105. The zero-order valence-electron chi connectivity index (χ0n) is 10.8. The summed E-state index contributed by atoms with van der Waals surface area (Å²) in [6.07, 6.45) is 1.50. The second kappa shape index (κ2) is 4.58. The Morgan fingerprint density at radius 2 is 1.95 bits per heavy atom. The lowest BCUT2D eigenvalue weighted by atomic mass is 10.3. The van der Waals surface area contributed by atoms with E-state index >= 15 is 0 Å². The van der Waals surface area contributed by atoms with E-state index < -0.39 is 16.2 Å². The summed E-state index contributed by atoms with van der Waals surface area (Å²) in [5, 5.41) is 20.5. The molecule has 0 aliphatic heterocycles. The number of hydrogen-bond donors (Lipinski definition) is 1. The molecule has 8 nitrogen and oxygen atoms in total. The van der Waals surface area contributed by atoms with Crippen LogP contribution in [0.15, 0.2) is 39.9 Å². The standard InChI is InChI=1S/C13H11N3O5/c17-11-7-12(18)15(13(19)14(11)8-4-5-8)9-2-1-3-10(6-9)16(20)21/h1-3,6-8,17H,4-5H2. The van der Waals surface area contributed by atoms with E-state index in [1.807, 2.05) is 0 Å². The smallest absolute Gasteiger partial charge is 0.338 e. The third-order valence-corrected chi connectivity index (χ3v) is 3.33. The van der Waals surface area contributed by atoms with E-state index in [4.69, 9.17) is 0 Å². The van der Waals surface area contributed by atoms with Gasteiger partial charge < -0.3 is 5.11 Å². The molecule has 1 aliphatic rings. The minimum Gasteiger partial charge on any atom is -0.494 e. The normalized spacial score (nSPS) is 14.1. The first-order chi connectivity index (χ1) is 9.99. The molecule has 0 saturated heterocycles. The van der Waals surface area contributed by atoms with Crippen molar-refractivity contribution in [2.45, 2.75) is 18.9 Å². The highest BCUT2D eigenvalue weighted by Crippen LogP contribution is 2.35. The molecule has 0 bridgehead atoms. The molecule has 1 N–H and O–H groups in total. The highest BCUT2D eigenvalue weighted by atomic mass is 16.6. The molecule has 0 spiro atoms. The fourth-order valence-electron chi connectivity index (χ4n) is 2.20. The fourth-order valence-corrected chi connectivity index (χ4v) is 2.20. The molecule has 1 aliphatic carbocycles. The zero-order valence-corrected chi connectivity index (χ0v) is 10.8. The van der Waals surface area contributed by atoms with E-state index in [9.17, 15) is 24.8 Å². The van der Waals surface area contributed by atoms with E-state index in [-0.39, 0.29) is 23.3 Å². The summed E-state index contributed by atoms with van der Waals surface area (Å²) in [5.41, 5.74) is -1.53. The maximum absolute atomic E-state index is 12.4. The minimum atomic E-state index is -0.727. The number of nitro groups is 1. The van der Waals surface area contributed by atoms with Gasteiger partial charge in [-0.25, -0.2) is 9.36 Å². The second-order valence-electron chi connectivity index (χ2n) is 4.84. The van der Waals surface area contributed by atoms with Crippen molar-refractivity contribution in [1.82, 2.24) is 9.13 Å². The molecule has 8 heteroatoms. The van der Waals surface area contributed by atoms with Crippen molar-refractivity contribution < 1.29 is 10.0 Å². The van der Waals surface area contributed by atoms with Crippen LogP contribution < -0.4 is 11.2 Å². The fraction of sp³-hybridized carbons (Fsp3) is 0.231. The van der Waals surface area contributed by atoms with Crippen molar-refractivity contribution in [3.63, 3.8) is 0 Å². The largest absolute Gasteiger partial charge is 0.494 e. The summed E-state index contributed by atoms with van der Waals surface area (Å²) in [4.78, 5) is 34.5. The van der Waals surface area contributed by atoms with Gasteiger partial charge in [-0.1, -0.05) is 6.07 Å². The summed E-state index contributed by atoms with van der Waals surface area (Å²) in [6.45, 7) is 0. The highest BCUT2D eigenvalue weighted by molar-refractivity contribution is 5.43. The Labute approximate surface area is 117 Å². The van der Waals surface area contributed by atoms with Gasteiger partial charge in [0, 0.05) is 18.2 Å². The van der Waals surface area contributed by atoms with Crippen LogP contribution in [0.2, 0.25) is 0 Å². The first-order valence-corrected chi connectivity index (χ1v) is 6.31. The van der Waals surface area contributed by atoms with Crippen LogP contribution in [0.5, 0.6) is 5.88 Å². The topological polar surface area (TPSA) is 107 Å². The molecule has 2 aromatic rings. The molecule has 1 aromatic carbocycles. The Morgan fingerprint density at radius 1 is 1.24 bits per heavy atom. The molecule has 3 rings (SSSR count). The van der Waals surface area contributed by atoms with Crippen molar-refractivity contribution in [3.8, 4) is 11.6 Å². The van der Waals surface area contributed by atoms with Crippen molar-refractivity contribution >= 4 is 5.69 Å². The summed E-state index contributed by atoms with van der Waals surface area (Å²) >= 11 is 0. The lowest BCUT2D eigenvalue weighted by Crippen LogP contribution is -2.37. The van der Waals surface area contributed by atoms with Crippen LogP contribution in [0, 0.1) is 10.1 Å². The number of non-ortho nitro benzene ring substituents is 1. The second-order valence-corrected chi connectivity index (χ2v) is 4.84. The van der Waals surface area contributed by atoms with Gasteiger partial charge in [0.15, 0.2) is 0 Å². The molecule has 1 heterocycles. The molecule has 21 heavy (non-hydrogen) atoms. The van der Waals surface area contributed by atoms with Gasteiger partial charge in [-0.15, -0.1) is 0 Å². The lowest BCUT2D eigenvalue weighted by Gasteiger charge is -2.10. The molecule has 108 valence electrons. The zero-order chi connectivity index (χ0) is 15.1. The van der Waals surface area contributed by atoms with Gasteiger partial charge in [-0.2, -0.15) is 0 Å². The Hall–Kier alpha value is -2.90. The molecular weight excluding hydrogens is 278 g/mol. The number of hydrogen-bond acceptors (Lipinski definition) is 5. The van der Waals surface area contributed by atoms with E-state index in [2.05, 4.69) is 0 Å². The van der Waals surface area contributed by atoms with Gasteiger partial charge in [0.2, 0.25) is 5.88 Å². The maximum atomic E-state index is 12.4. The van der Waals surface area contributed by atoms with Crippen molar-refractivity contribution in [3.05, 3.63) is 61.3 Å². The van der Waals surface area contributed by atoms with E-state index in [0.29, 0.717) is 0 Å². The van der Waals surface area contributed by atoms with Crippen LogP contribution in [-0.2, 0) is 0 Å². The molecule has 1 fully saturated rings. The Morgan fingerprint density at radius 3 is 2.57 bits per heavy atom. The van der Waals surface area contributed by atoms with Crippen molar-refractivity contribution in [2.75, 3.05) is 0 Å². The van der Waals surface area contributed by atoms with Crippen LogP contribution in [0.25, 0.3) is 5.69 Å². The predicted octanol–water partition coefficient (Wildman–Crippen LogP) is 0.948. The predicted molar refractivity (Wildman–Crippen MR) is 72.9 cm³/mol. The number of benzene rings is 1. The van der Waals surface area contributed by atoms with Gasteiger partial charge in [-0.3, -0.25) is 19.5 Å². The molecule has 0 amide bonds. The van der Waals surface area contributed by atoms with Crippen LogP contribution in [0.3, 0.4) is 0 Å². The Kier molecular flexibility index (Phi) is 2.86. The van der Waals surface area contributed by atoms with Gasteiger partial charge in [0.05, 0.1) is 16.7 Å². The lowest BCUT2D eigenvalue weighted by molar-refractivity contribution is -0.384. The average Bonchev–Trinajstić information content (AvgIpc) is 3.23. The van der Waals surface area contributed by atoms with Crippen molar-refractivity contribution in [1.29, 1.82) is 0 Å². The first kappa shape index (κ1) is 13.1. The van der Waals surface area contributed by atoms with E-state index in [0.717, 1.165) is 34.1 Å². The first-order valence-electron chi connectivity index (χ1n) is 6.31. The van der Waals surface area contributed by atoms with Gasteiger partial charge in [0.1, 0.15) is 0 Å². The highest BCUT2D eigenvalue weighted by Gasteiger charge is 2.28. The summed E-state index contributed by atoms with van der Waals surface area (Å²) in [5.74, 6) is -0.380. The molecule has 0 unspecified atom stereocenters. The SMILES string of the molecule is O=c1cc(O)n(C2CC2)c(=O)n1-c1cccc([N+](=O)[O-])c1. The molecule has 0 atom stereocenters. The van der Waals surface area contributed by atoms with Gasteiger partial charge in [-0.05, 0) is 18.9 Å². The van der Waals surface area contributed by atoms with Crippen LogP contribution in [0.4, 0.5) is 5.69 Å². The summed E-state index contributed by atoms with van der Waals surface area (Å²) < 4.78 is 1.96. The number of rotatable bonds is 3. The molecular formula is C13H11N3O5. The Bertz CT molecular complexity index is 848. The molecule has 1 saturated carbocycles. The number of aromatic hydroxyl groups is 1. The van der Waals surface area contributed by atoms with Crippen LogP contribution in [0.1, 0.15) is 18.9 Å². The van der Waals surface area contributed by atoms with Gasteiger partial charge in [0.25, 0.3) is 11.2 Å². The number of nitrogens with zero attached hydrogens (tertiary/aromatic N) is 3. The monoisotopic (exact) mass is 289 g/mol. The number of nitro benzene ring substituents is 1.